The topological polar surface area (TPSA) is 62.3 Å². The first-order valence-electron chi connectivity index (χ1n) is 6.52. The molecule has 1 aliphatic rings. The standard InChI is InChI=1S/C13H19N3O2S/c1-4-8(2)11-13(18)16(9(3)12(17)15-11)5-10-6-19-7-14-10/h6-9,11H,4-5H2,1-3H3,(H,15,17). The van der Waals surface area contributed by atoms with Gasteiger partial charge in [0.15, 0.2) is 0 Å². The Morgan fingerprint density at radius 3 is 2.84 bits per heavy atom. The molecule has 6 heteroatoms. The Balaban J connectivity index is 2.19. The van der Waals surface area contributed by atoms with Crippen molar-refractivity contribution in [2.24, 2.45) is 5.92 Å². The number of nitrogens with zero attached hydrogens (tertiary/aromatic N) is 2. The summed E-state index contributed by atoms with van der Waals surface area (Å²) in [6, 6.07) is -0.846. The average molecular weight is 281 g/mol. The predicted molar refractivity (Wildman–Crippen MR) is 73.5 cm³/mol. The van der Waals surface area contributed by atoms with Crippen LogP contribution in [0, 0.1) is 5.92 Å². The summed E-state index contributed by atoms with van der Waals surface area (Å²) < 4.78 is 0. The summed E-state index contributed by atoms with van der Waals surface area (Å²) in [7, 11) is 0. The minimum absolute atomic E-state index is 0.00514. The Morgan fingerprint density at radius 2 is 2.26 bits per heavy atom. The molecule has 0 aromatic carbocycles. The molecule has 0 bridgehead atoms. The fourth-order valence-electron chi connectivity index (χ4n) is 2.17. The van der Waals surface area contributed by atoms with Gasteiger partial charge in [-0.15, -0.1) is 11.3 Å². The first-order chi connectivity index (χ1) is 9.04. The van der Waals surface area contributed by atoms with E-state index in [1.54, 1.807) is 17.3 Å². The highest BCUT2D eigenvalue weighted by Crippen LogP contribution is 2.19. The largest absolute Gasteiger partial charge is 0.342 e. The maximum absolute atomic E-state index is 12.5. The fourth-order valence-corrected chi connectivity index (χ4v) is 2.72. The van der Waals surface area contributed by atoms with Crippen LogP contribution in [0.1, 0.15) is 32.9 Å². The highest BCUT2D eigenvalue weighted by atomic mass is 32.1. The number of rotatable bonds is 4. The minimum atomic E-state index is -0.436. The molecule has 2 heterocycles. The number of thiazole rings is 1. The van der Waals surface area contributed by atoms with E-state index >= 15 is 0 Å². The van der Waals surface area contributed by atoms with Gasteiger partial charge in [-0.3, -0.25) is 9.59 Å². The summed E-state index contributed by atoms with van der Waals surface area (Å²) in [6.45, 7) is 6.17. The number of carbonyl (C=O) groups is 2. The number of nitrogens with one attached hydrogen (secondary N) is 1. The second-order valence-electron chi connectivity index (χ2n) is 4.99. The van der Waals surface area contributed by atoms with Gasteiger partial charge in [-0.2, -0.15) is 0 Å². The molecule has 19 heavy (non-hydrogen) atoms. The van der Waals surface area contributed by atoms with Crippen molar-refractivity contribution in [3.8, 4) is 0 Å². The maximum atomic E-state index is 12.5. The Bertz CT molecular complexity index is 460. The highest BCUT2D eigenvalue weighted by molar-refractivity contribution is 7.07. The molecule has 1 aliphatic heterocycles. The van der Waals surface area contributed by atoms with Gasteiger partial charge >= 0.3 is 0 Å². The summed E-state index contributed by atoms with van der Waals surface area (Å²) >= 11 is 1.49. The van der Waals surface area contributed by atoms with Gasteiger partial charge in [0, 0.05) is 5.38 Å². The zero-order chi connectivity index (χ0) is 14.0. The molecule has 1 fully saturated rings. The SMILES string of the molecule is CCC(C)C1NC(=O)C(C)N(Cc2cscn2)C1=O. The van der Waals surface area contributed by atoms with Crippen LogP contribution in [-0.2, 0) is 16.1 Å². The number of carbonyl (C=O) groups excluding carboxylic acids is 2. The Hall–Kier alpha value is -1.43. The molecule has 1 aromatic heterocycles. The number of piperazine rings is 1. The van der Waals surface area contributed by atoms with E-state index in [4.69, 9.17) is 0 Å². The molecule has 5 nitrogen and oxygen atoms in total. The molecule has 3 unspecified atom stereocenters. The van der Waals surface area contributed by atoms with Gasteiger partial charge in [-0.1, -0.05) is 20.3 Å². The van der Waals surface area contributed by atoms with Crippen LogP contribution in [-0.4, -0.2) is 33.8 Å². The molecule has 1 aromatic rings. The van der Waals surface area contributed by atoms with Gasteiger partial charge in [0.05, 0.1) is 17.7 Å². The van der Waals surface area contributed by atoms with E-state index in [-0.39, 0.29) is 17.7 Å². The molecule has 104 valence electrons. The first-order valence-corrected chi connectivity index (χ1v) is 7.46. The van der Waals surface area contributed by atoms with Crippen molar-refractivity contribution in [3.05, 3.63) is 16.6 Å². The van der Waals surface area contributed by atoms with Gasteiger partial charge in [-0.05, 0) is 12.8 Å². The van der Waals surface area contributed by atoms with Gasteiger partial charge < -0.3 is 10.2 Å². The molecular weight excluding hydrogens is 262 g/mol. The van der Waals surface area contributed by atoms with Crippen LogP contribution < -0.4 is 5.32 Å². The van der Waals surface area contributed by atoms with Crippen LogP contribution in [0.25, 0.3) is 0 Å². The van der Waals surface area contributed by atoms with E-state index in [0.29, 0.717) is 6.54 Å². The summed E-state index contributed by atoms with van der Waals surface area (Å²) in [6.07, 6.45) is 0.857. The van der Waals surface area contributed by atoms with Crippen molar-refractivity contribution in [2.75, 3.05) is 0 Å². The molecular formula is C13H19N3O2S. The van der Waals surface area contributed by atoms with E-state index in [9.17, 15) is 9.59 Å². The number of hydrogen-bond acceptors (Lipinski definition) is 4. The maximum Gasteiger partial charge on any atom is 0.246 e. The van der Waals surface area contributed by atoms with Crippen molar-refractivity contribution in [2.45, 2.75) is 45.8 Å². The molecule has 2 amide bonds. The third-order valence-corrected chi connectivity index (χ3v) is 4.36. The van der Waals surface area contributed by atoms with E-state index in [1.165, 1.54) is 11.3 Å². The van der Waals surface area contributed by atoms with Gasteiger partial charge in [0.2, 0.25) is 11.8 Å². The van der Waals surface area contributed by atoms with Gasteiger partial charge in [0.25, 0.3) is 0 Å². The number of aromatic nitrogens is 1. The Morgan fingerprint density at radius 1 is 1.53 bits per heavy atom. The smallest absolute Gasteiger partial charge is 0.246 e. The van der Waals surface area contributed by atoms with E-state index < -0.39 is 12.1 Å². The van der Waals surface area contributed by atoms with Crippen LogP contribution in [0.3, 0.4) is 0 Å². The van der Waals surface area contributed by atoms with Crippen LogP contribution >= 0.6 is 11.3 Å². The molecule has 1 saturated heterocycles. The number of hydrogen-bond donors (Lipinski definition) is 1. The van der Waals surface area contributed by atoms with E-state index in [1.807, 2.05) is 19.2 Å². The molecule has 0 spiro atoms. The highest BCUT2D eigenvalue weighted by Gasteiger charge is 2.40. The summed E-state index contributed by atoms with van der Waals surface area (Å²) in [4.78, 5) is 30.3. The molecule has 0 saturated carbocycles. The van der Waals surface area contributed by atoms with Crippen molar-refractivity contribution in [1.29, 1.82) is 0 Å². The Labute approximate surface area is 117 Å². The lowest BCUT2D eigenvalue weighted by Gasteiger charge is -2.39. The van der Waals surface area contributed by atoms with Crippen molar-refractivity contribution in [3.63, 3.8) is 0 Å². The lowest BCUT2D eigenvalue weighted by Crippen LogP contribution is -2.63. The van der Waals surface area contributed by atoms with Crippen LogP contribution in [0.4, 0.5) is 0 Å². The van der Waals surface area contributed by atoms with Crippen molar-refractivity contribution >= 4 is 23.2 Å². The van der Waals surface area contributed by atoms with E-state index in [0.717, 1.165) is 12.1 Å². The molecule has 0 aliphatic carbocycles. The van der Waals surface area contributed by atoms with Crippen LogP contribution in [0.5, 0.6) is 0 Å². The first kappa shape index (κ1) is 14.0. The summed E-state index contributed by atoms with van der Waals surface area (Å²) in [5.41, 5.74) is 2.57. The zero-order valence-electron chi connectivity index (χ0n) is 11.4. The third kappa shape index (κ3) is 2.78. The minimum Gasteiger partial charge on any atom is -0.342 e. The Kier molecular flexibility index (Phi) is 4.19. The predicted octanol–water partition coefficient (Wildman–Crippen LogP) is 1.40. The quantitative estimate of drug-likeness (QED) is 0.907. The van der Waals surface area contributed by atoms with Crippen LogP contribution in [0.2, 0.25) is 0 Å². The number of amides is 2. The second-order valence-corrected chi connectivity index (χ2v) is 5.71. The summed E-state index contributed by atoms with van der Waals surface area (Å²) in [5, 5.41) is 4.74. The van der Waals surface area contributed by atoms with E-state index in [2.05, 4.69) is 10.3 Å². The normalized spacial score (nSPS) is 25.3. The molecule has 0 radical (unpaired) electrons. The van der Waals surface area contributed by atoms with Crippen molar-refractivity contribution in [1.82, 2.24) is 15.2 Å². The summed E-state index contributed by atoms with van der Waals surface area (Å²) in [5.74, 6) is 0.0523. The molecule has 2 rings (SSSR count). The molecule has 3 atom stereocenters. The lowest BCUT2D eigenvalue weighted by molar-refractivity contribution is -0.150. The zero-order valence-corrected chi connectivity index (χ0v) is 12.2. The van der Waals surface area contributed by atoms with Gasteiger partial charge in [0.1, 0.15) is 12.1 Å². The monoisotopic (exact) mass is 281 g/mol. The average Bonchev–Trinajstić information content (AvgIpc) is 2.91. The van der Waals surface area contributed by atoms with Crippen molar-refractivity contribution < 1.29 is 9.59 Å². The van der Waals surface area contributed by atoms with Gasteiger partial charge in [-0.25, -0.2) is 4.98 Å². The fraction of sp³-hybridized carbons (Fsp3) is 0.615. The van der Waals surface area contributed by atoms with Crippen LogP contribution in [0.15, 0.2) is 10.9 Å². The second kappa shape index (κ2) is 5.69. The lowest BCUT2D eigenvalue weighted by atomic mass is 9.94. The molecule has 1 N–H and O–H groups in total. The third-order valence-electron chi connectivity index (χ3n) is 3.72.